The van der Waals surface area contributed by atoms with Gasteiger partial charge < -0.3 is 4.74 Å². The Morgan fingerprint density at radius 1 is 1.75 bits per heavy atom. The molecule has 12 heavy (non-hydrogen) atoms. The molecule has 0 aromatic heterocycles. The molecule has 0 spiro atoms. The summed E-state index contributed by atoms with van der Waals surface area (Å²) < 4.78 is 5.24. The molecule has 0 aromatic carbocycles. The molecule has 1 aliphatic rings. The van der Waals surface area contributed by atoms with E-state index in [1.54, 1.807) is 6.92 Å². The molecule has 2 unspecified atom stereocenters. The van der Waals surface area contributed by atoms with Gasteiger partial charge >= 0.3 is 0 Å². The van der Waals surface area contributed by atoms with Crippen LogP contribution in [0.5, 0.6) is 0 Å². The maximum atomic E-state index is 10.3. The van der Waals surface area contributed by atoms with Gasteiger partial charge in [0.1, 0.15) is 0 Å². The van der Waals surface area contributed by atoms with E-state index in [2.05, 4.69) is 0 Å². The number of nitro groups is 1. The van der Waals surface area contributed by atoms with Gasteiger partial charge in [-0.25, -0.2) is 0 Å². The third-order valence-corrected chi connectivity index (χ3v) is 2.29. The molecule has 0 saturated carbocycles. The summed E-state index contributed by atoms with van der Waals surface area (Å²) in [6.07, 6.45) is 2.79. The van der Waals surface area contributed by atoms with Crippen molar-refractivity contribution in [2.75, 3.05) is 13.2 Å². The van der Waals surface area contributed by atoms with Crippen molar-refractivity contribution in [1.82, 2.24) is 0 Å². The van der Waals surface area contributed by atoms with Gasteiger partial charge in [0.05, 0.1) is 0 Å². The predicted molar refractivity (Wildman–Crippen MR) is 44.6 cm³/mol. The van der Waals surface area contributed by atoms with Crippen molar-refractivity contribution in [2.24, 2.45) is 5.92 Å². The second-order valence-corrected chi connectivity index (χ2v) is 3.45. The highest BCUT2D eigenvalue weighted by Crippen LogP contribution is 2.19. The molecule has 4 nitrogen and oxygen atoms in total. The van der Waals surface area contributed by atoms with Crippen molar-refractivity contribution in [3.63, 3.8) is 0 Å². The van der Waals surface area contributed by atoms with Crippen LogP contribution in [0, 0.1) is 16.0 Å². The minimum atomic E-state index is -0.420. The number of hydrogen-bond donors (Lipinski definition) is 0. The Kier molecular flexibility index (Phi) is 3.47. The number of ether oxygens (including phenoxy) is 1. The Balaban J connectivity index is 2.24. The molecule has 0 radical (unpaired) electrons. The average Bonchev–Trinajstić information content (AvgIpc) is 2.06. The van der Waals surface area contributed by atoms with Gasteiger partial charge in [0.25, 0.3) is 0 Å². The van der Waals surface area contributed by atoms with Crippen LogP contribution in [0.15, 0.2) is 0 Å². The Morgan fingerprint density at radius 2 is 2.50 bits per heavy atom. The van der Waals surface area contributed by atoms with E-state index in [0.717, 1.165) is 19.4 Å². The van der Waals surface area contributed by atoms with E-state index in [0.29, 0.717) is 18.9 Å². The zero-order valence-corrected chi connectivity index (χ0v) is 7.36. The van der Waals surface area contributed by atoms with Crippen LogP contribution in [0.1, 0.15) is 26.2 Å². The zero-order chi connectivity index (χ0) is 8.97. The summed E-state index contributed by atoms with van der Waals surface area (Å²) in [6.45, 7) is 3.19. The molecular formula is C8H15NO3. The van der Waals surface area contributed by atoms with Crippen LogP contribution >= 0.6 is 0 Å². The molecule has 1 fully saturated rings. The zero-order valence-electron chi connectivity index (χ0n) is 7.36. The second-order valence-electron chi connectivity index (χ2n) is 3.45. The molecule has 0 amide bonds. The van der Waals surface area contributed by atoms with Crippen molar-refractivity contribution < 1.29 is 9.66 Å². The monoisotopic (exact) mass is 173 g/mol. The summed E-state index contributed by atoms with van der Waals surface area (Å²) >= 11 is 0. The molecule has 0 bridgehead atoms. The van der Waals surface area contributed by atoms with Crippen molar-refractivity contribution in [2.45, 2.75) is 32.2 Å². The first kappa shape index (κ1) is 9.45. The second kappa shape index (κ2) is 4.40. The molecule has 0 aliphatic carbocycles. The molecule has 0 aromatic rings. The minimum absolute atomic E-state index is 0.214. The van der Waals surface area contributed by atoms with Gasteiger partial charge in [0, 0.05) is 31.5 Å². The SMILES string of the molecule is CC(CC1CCCOC1)[N+](=O)[O-]. The maximum absolute atomic E-state index is 10.3. The van der Waals surface area contributed by atoms with Crippen LogP contribution in [0.2, 0.25) is 0 Å². The lowest BCUT2D eigenvalue weighted by atomic mass is 9.95. The molecule has 1 heterocycles. The van der Waals surface area contributed by atoms with Crippen LogP contribution in [0.3, 0.4) is 0 Å². The first-order chi connectivity index (χ1) is 5.70. The van der Waals surface area contributed by atoms with E-state index in [1.165, 1.54) is 0 Å². The van der Waals surface area contributed by atoms with E-state index in [4.69, 9.17) is 4.74 Å². The van der Waals surface area contributed by atoms with Crippen LogP contribution in [0.4, 0.5) is 0 Å². The van der Waals surface area contributed by atoms with Crippen molar-refractivity contribution in [3.05, 3.63) is 10.1 Å². The normalized spacial score (nSPS) is 26.6. The third-order valence-electron chi connectivity index (χ3n) is 2.29. The molecule has 1 saturated heterocycles. The molecule has 1 aliphatic heterocycles. The summed E-state index contributed by atoms with van der Waals surface area (Å²) in [6, 6.07) is -0.420. The lowest BCUT2D eigenvalue weighted by Gasteiger charge is -2.21. The van der Waals surface area contributed by atoms with Gasteiger partial charge in [0.2, 0.25) is 6.04 Å². The van der Waals surface area contributed by atoms with Crippen LogP contribution < -0.4 is 0 Å². The van der Waals surface area contributed by atoms with E-state index in [9.17, 15) is 10.1 Å². The summed E-state index contributed by atoms with van der Waals surface area (Å²) in [7, 11) is 0. The smallest absolute Gasteiger partial charge is 0.210 e. The van der Waals surface area contributed by atoms with Gasteiger partial charge in [-0.05, 0) is 18.8 Å². The van der Waals surface area contributed by atoms with Crippen LogP contribution in [-0.4, -0.2) is 24.2 Å². The van der Waals surface area contributed by atoms with Gasteiger partial charge in [-0.3, -0.25) is 10.1 Å². The van der Waals surface area contributed by atoms with Crippen molar-refractivity contribution in [1.29, 1.82) is 0 Å². The minimum Gasteiger partial charge on any atom is -0.381 e. The highest BCUT2D eigenvalue weighted by atomic mass is 16.6. The van der Waals surface area contributed by atoms with Crippen molar-refractivity contribution in [3.8, 4) is 0 Å². The summed E-state index contributed by atoms with van der Waals surface area (Å²) in [5, 5.41) is 10.3. The maximum Gasteiger partial charge on any atom is 0.210 e. The van der Waals surface area contributed by atoms with E-state index in [-0.39, 0.29) is 4.92 Å². The number of hydrogen-bond acceptors (Lipinski definition) is 3. The fourth-order valence-corrected chi connectivity index (χ4v) is 1.56. The predicted octanol–water partition coefficient (Wildman–Crippen LogP) is 1.47. The fraction of sp³-hybridized carbons (Fsp3) is 1.00. The Labute approximate surface area is 72.1 Å². The summed E-state index contributed by atoms with van der Waals surface area (Å²) in [4.78, 5) is 10.1. The lowest BCUT2D eigenvalue weighted by Crippen LogP contribution is -2.25. The quantitative estimate of drug-likeness (QED) is 0.479. The Hall–Kier alpha value is -0.640. The number of nitrogens with zero attached hydrogens (tertiary/aromatic N) is 1. The molecule has 70 valence electrons. The molecule has 0 N–H and O–H groups in total. The summed E-state index contributed by atoms with van der Waals surface area (Å²) in [5.41, 5.74) is 0. The largest absolute Gasteiger partial charge is 0.381 e. The first-order valence-electron chi connectivity index (χ1n) is 4.41. The average molecular weight is 173 g/mol. The van der Waals surface area contributed by atoms with E-state index >= 15 is 0 Å². The van der Waals surface area contributed by atoms with Gasteiger partial charge in [-0.15, -0.1) is 0 Å². The Bertz CT molecular complexity index is 154. The summed E-state index contributed by atoms with van der Waals surface area (Å²) in [5.74, 6) is 0.402. The topological polar surface area (TPSA) is 52.4 Å². The lowest BCUT2D eigenvalue weighted by molar-refractivity contribution is -0.520. The van der Waals surface area contributed by atoms with Crippen LogP contribution in [0.25, 0.3) is 0 Å². The third kappa shape index (κ3) is 2.77. The molecule has 4 heteroatoms. The van der Waals surface area contributed by atoms with Gasteiger partial charge in [-0.1, -0.05) is 0 Å². The molecule has 1 rings (SSSR count). The number of rotatable bonds is 3. The highest BCUT2D eigenvalue weighted by molar-refractivity contribution is 4.65. The first-order valence-corrected chi connectivity index (χ1v) is 4.41. The Morgan fingerprint density at radius 3 is 3.00 bits per heavy atom. The van der Waals surface area contributed by atoms with Crippen LogP contribution in [-0.2, 0) is 4.74 Å². The van der Waals surface area contributed by atoms with E-state index < -0.39 is 6.04 Å². The fourth-order valence-electron chi connectivity index (χ4n) is 1.56. The molecule has 2 atom stereocenters. The highest BCUT2D eigenvalue weighted by Gasteiger charge is 2.22. The van der Waals surface area contributed by atoms with Crippen molar-refractivity contribution >= 4 is 0 Å². The van der Waals surface area contributed by atoms with Gasteiger partial charge in [-0.2, -0.15) is 0 Å². The molecular weight excluding hydrogens is 158 g/mol. The standard InChI is InChI=1S/C8H15NO3/c1-7(9(10)11)5-8-3-2-4-12-6-8/h7-8H,2-6H2,1H3. The van der Waals surface area contributed by atoms with E-state index in [1.807, 2.05) is 0 Å². The van der Waals surface area contributed by atoms with Gasteiger partial charge in [0.15, 0.2) is 0 Å².